The van der Waals surface area contributed by atoms with Crippen molar-refractivity contribution in [1.82, 2.24) is 9.97 Å². The van der Waals surface area contributed by atoms with E-state index in [9.17, 15) is 4.79 Å². The minimum absolute atomic E-state index is 0.200. The third-order valence-electron chi connectivity index (χ3n) is 2.64. The van der Waals surface area contributed by atoms with Gasteiger partial charge in [-0.05, 0) is 19.1 Å². The van der Waals surface area contributed by atoms with Gasteiger partial charge in [0.2, 0.25) is 5.95 Å². The number of rotatable bonds is 3. The van der Waals surface area contributed by atoms with E-state index >= 15 is 0 Å². The summed E-state index contributed by atoms with van der Waals surface area (Å²) in [5, 5.41) is 2.82. The number of benzene rings is 1. The van der Waals surface area contributed by atoms with Crippen molar-refractivity contribution >= 4 is 17.5 Å². The van der Waals surface area contributed by atoms with Crippen LogP contribution in [0.3, 0.4) is 0 Å². The molecule has 1 heterocycles. The van der Waals surface area contributed by atoms with E-state index in [0.29, 0.717) is 17.2 Å². The summed E-state index contributed by atoms with van der Waals surface area (Å²) in [5.74, 6) is 0.391. The first-order valence-corrected chi connectivity index (χ1v) is 5.95. The lowest BCUT2D eigenvalue weighted by molar-refractivity contribution is 0.102. The smallest absolute Gasteiger partial charge is 0.259 e. The highest BCUT2D eigenvalue weighted by Crippen LogP contribution is 2.12. The van der Waals surface area contributed by atoms with Crippen molar-refractivity contribution < 1.29 is 4.79 Å². The molecule has 0 bridgehead atoms. The zero-order valence-electron chi connectivity index (χ0n) is 11.2. The maximum Gasteiger partial charge on any atom is 0.259 e. The van der Waals surface area contributed by atoms with Crippen molar-refractivity contribution in [2.45, 2.75) is 6.92 Å². The molecule has 0 fully saturated rings. The third kappa shape index (κ3) is 3.07. The Balaban J connectivity index is 2.20. The van der Waals surface area contributed by atoms with E-state index in [-0.39, 0.29) is 5.91 Å². The molecule has 0 aliphatic heterocycles. The molecule has 0 unspecified atom stereocenters. The minimum atomic E-state index is -0.200. The Hall–Kier alpha value is -2.43. The van der Waals surface area contributed by atoms with Crippen molar-refractivity contribution in [1.29, 1.82) is 0 Å². The van der Waals surface area contributed by atoms with Crippen LogP contribution in [-0.4, -0.2) is 30.0 Å². The summed E-state index contributed by atoms with van der Waals surface area (Å²) in [6.07, 6.45) is 1.55. The van der Waals surface area contributed by atoms with Crippen LogP contribution in [-0.2, 0) is 0 Å². The van der Waals surface area contributed by atoms with Crippen LogP contribution in [0.15, 0.2) is 36.5 Å². The lowest BCUT2D eigenvalue weighted by atomic mass is 10.2. The summed E-state index contributed by atoms with van der Waals surface area (Å²) in [6, 6.07) is 9.31. The predicted octanol–water partition coefficient (Wildman–Crippen LogP) is 2.10. The van der Waals surface area contributed by atoms with Gasteiger partial charge in [-0.25, -0.2) is 9.97 Å². The second kappa shape index (κ2) is 5.48. The highest BCUT2D eigenvalue weighted by Gasteiger charge is 2.12. The van der Waals surface area contributed by atoms with E-state index in [2.05, 4.69) is 15.3 Å². The number of nitrogens with zero attached hydrogens (tertiary/aromatic N) is 3. The van der Waals surface area contributed by atoms with Gasteiger partial charge in [-0.3, -0.25) is 4.79 Å². The number of aryl methyl sites for hydroxylation is 1. The molecule has 0 spiro atoms. The number of carbonyl (C=O) groups is 1. The number of aromatic nitrogens is 2. The number of amides is 1. The van der Waals surface area contributed by atoms with Crippen LogP contribution in [0.25, 0.3) is 0 Å². The maximum atomic E-state index is 12.1. The van der Waals surface area contributed by atoms with Crippen LogP contribution >= 0.6 is 0 Å². The van der Waals surface area contributed by atoms with Crippen LogP contribution in [0.5, 0.6) is 0 Å². The van der Waals surface area contributed by atoms with Gasteiger partial charge in [0, 0.05) is 26.0 Å². The first kappa shape index (κ1) is 13.0. The Morgan fingerprint density at radius 1 is 1.21 bits per heavy atom. The van der Waals surface area contributed by atoms with Crippen LogP contribution in [0.2, 0.25) is 0 Å². The second-order valence-electron chi connectivity index (χ2n) is 4.38. The Labute approximate surface area is 112 Å². The standard InChI is InChI=1S/C14H16N4O/c1-10-12(9-15-14(16-10)18(2)3)13(19)17-11-7-5-4-6-8-11/h4-9H,1-3H3,(H,17,19). The van der Waals surface area contributed by atoms with Gasteiger partial charge < -0.3 is 10.2 Å². The summed E-state index contributed by atoms with van der Waals surface area (Å²) in [7, 11) is 3.72. The summed E-state index contributed by atoms with van der Waals surface area (Å²) in [5.41, 5.74) is 1.89. The van der Waals surface area contributed by atoms with Crippen molar-refractivity contribution in [3.63, 3.8) is 0 Å². The third-order valence-corrected chi connectivity index (χ3v) is 2.64. The number of hydrogen-bond acceptors (Lipinski definition) is 4. The molecular formula is C14H16N4O. The van der Waals surface area contributed by atoms with Crippen LogP contribution in [0.4, 0.5) is 11.6 Å². The van der Waals surface area contributed by atoms with Crippen molar-refractivity contribution in [3.05, 3.63) is 47.8 Å². The highest BCUT2D eigenvalue weighted by atomic mass is 16.1. The zero-order chi connectivity index (χ0) is 13.8. The highest BCUT2D eigenvalue weighted by molar-refractivity contribution is 6.04. The Morgan fingerprint density at radius 3 is 2.47 bits per heavy atom. The molecule has 0 aliphatic carbocycles. The number of anilines is 2. The quantitative estimate of drug-likeness (QED) is 0.913. The molecule has 1 aromatic carbocycles. The molecule has 0 radical (unpaired) electrons. The first-order chi connectivity index (χ1) is 9.08. The molecule has 5 nitrogen and oxygen atoms in total. The van der Waals surface area contributed by atoms with Gasteiger partial charge in [-0.15, -0.1) is 0 Å². The van der Waals surface area contributed by atoms with E-state index < -0.39 is 0 Å². The van der Waals surface area contributed by atoms with E-state index in [1.165, 1.54) is 0 Å². The van der Waals surface area contributed by atoms with Gasteiger partial charge in [0.25, 0.3) is 5.91 Å². The number of nitrogens with one attached hydrogen (secondary N) is 1. The average molecular weight is 256 g/mol. The molecule has 2 rings (SSSR count). The lowest BCUT2D eigenvalue weighted by Crippen LogP contribution is -2.18. The van der Waals surface area contributed by atoms with E-state index in [1.54, 1.807) is 18.0 Å². The van der Waals surface area contributed by atoms with E-state index in [1.807, 2.05) is 44.4 Å². The molecule has 0 atom stereocenters. The molecule has 1 N–H and O–H groups in total. The maximum absolute atomic E-state index is 12.1. The number of hydrogen-bond donors (Lipinski definition) is 1. The fraction of sp³-hybridized carbons (Fsp3) is 0.214. The summed E-state index contributed by atoms with van der Waals surface area (Å²) >= 11 is 0. The molecule has 0 saturated carbocycles. The number of carbonyl (C=O) groups excluding carboxylic acids is 1. The monoisotopic (exact) mass is 256 g/mol. The molecule has 1 amide bonds. The minimum Gasteiger partial charge on any atom is -0.347 e. The zero-order valence-corrected chi connectivity index (χ0v) is 11.2. The van der Waals surface area contributed by atoms with Gasteiger partial charge in [-0.1, -0.05) is 18.2 Å². The Bertz CT molecular complexity index is 581. The molecule has 0 saturated heterocycles. The van der Waals surface area contributed by atoms with Crippen molar-refractivity contribution in [3.8, 4) is 0 Å². The Morgan fingerprint density at radius 2 is 1.89 bits per heavy atom. The molecule has 5 heteroatoms. The first-order valence-electron chi connectivity index (χ1n) is 5.95. The van der Waals surface area contributed by atoms with Gasteiger partial charge in [0.1, 0.15) is 0 Å². The second-order valence-corrected chi connectivity index (χ2v) is 4.38. The normalized spacial score (nSPS) is 10.1. The van der Waals surface area contributed by atoms with Gasteiger partial charge >= 0.3 is 0 Å². The molecular weight excluding hydrogens is 240 g/mol. The molecule has 19 heavy (non-hydrogen) atoms. The largest absolute Gasteiger partial charge is 0.347 e. The van der Waals surface area contributed by atoms with Gasteiger partial charge in [0.15, 0.2) is 0 Å². The predicted molar refractivity (Wildman–Crippen MR) is 75.5 cm³/mol. The molecule has 0 aliphatic rings. The summed E-state index contributed by atoms with van der Waals surface area (Å²) < 4.78 is 0. The van der Waals surface area contributed by atoms with Crippen LogP contribution in [0, 0.1) is 6.92 Å². The molecule has 1 aromatic heterocycles. The molecule has 2 aromatic rings. The van der Waals surface area contributed by atoms with E-state index in [0.717, 1.165) is 5.69 Å². The van der Waals surface area contributed by atoms with E-state index in [4.69, 9.17) is 0 Å². The van der Waals surface area contributed by atoms with Gasteiger partial charge in [-0.2, -0.15) is 0 Å². The topological polar surface area (TPSA) is 58.1 Å². The van der Waals surface area contributed by atoms with Crippen LogP contribution < -0.4 is 10.2 Å². The summed E-state index contributed by atoms with van der Waals surface area (Å²) in [6.45, 7) is 1.80. The fourth-order valence-electron chi connectivity index (χ4n) is 1.61. The van der Waals surface area contributed by atoms with Crippen molar-refractivity contribution in [2.75, 3.05) is 24.3 Å². The number of para-hydroxylation sites is 1. The Kier molecular flexibility index (Phi) is 3.75. The molecule has 98 valence electrons. The lowest BCUT2D eigenvalue weighted by Gasteiger charge is -2.12. The van der Waals surface area contributed by atoms with Gasteiger partial charge in [0.05, 0.1) is 11.3 Å². The summed E-state index contributed by atoms with van der Waals surface area (Å²) in [4.78, 5) is 22.4. The average Bonchev–Trinajstić information content (AvgIpc) is 2.39. The fourth-order valence-corrected chi connectivity index (χ4v) is 1.61. The van der Waals surface area contributed by atoms with Crippen molar-refractivity contribution in [2.24, 2.45) is 0 Å². The van der Waals surface area contributed by atoms with Crippen LogP contribution in [0.1, 0.15) is 16.1 Å². The SMILES string of the molecule is Cc1nc(N(C)C)ncc1C(=O)Nc1ccccc1.